The Bertz CT molecular complexity index is 123. The average Bonchev–Trinajstić information content (AvgIpc) is 1.86. The smallest absolute Gasteiger partial charge is 0.155 e. The molecule has 0 aromatic heterocycles. The van der Waals surface area contributed by atoms with E-state index < -0.39 is 0 Å². The summed E-state index contributed by atoms with van der Waals surface area (Å²) in [5, 5.41) is 8.09. The molecular formula is C7H17N3S. The van der Waals surface area contributed by atoms with E-state index in [0.717, 1.165) is 12.3 Å². The quantitative estimate of drug-likeness (QED) is 0.508. The zero-order chi connectivity index (χ0) is 8.85. The summed E-state index contributed by atoms with van der Waals surface area (Å²) in [5.74, 6) is 0.990. The molecule has 0 bridgehead atoms. The lowest BCUT2D eigenvalue weighted by Crippen LogP contribution is -2.21. The standard InChI is InChI=1S/C7H17N3S/c1-9(2)5-6-11-7(8)10(3)4/h8H,5-6H2,1-4H3. The highest BCUT2D eigenvalue weighted by atomic mass is 32.2. The molecule has 1 N–H and O–H groups in total. The van der Waals surface area contributed by atoms with Crippen molar-refractivity contribution in [3.63, 3.8) is 0 Å². The molecule has 4 heteroatoms. The van der Waals surface area contributed by atoms with Crippen molar-refractivity contribution in [3.8, 4) is 0 Å². The van der Waals surface area contributed by atoms with Crippen LogP contribution in [-0.4, -0.2) is 55.5 Å². The normalized spacial score (nSPS) is 10.3. The minimum Gasteiger partial charge on any atom is -0.358 e. The summed E-state index contributed by atoms with van der Waals surface area (Å²) < 4.78 is 0. The van der Waals surface area contributed by atoms with Crippen LogP contribution in [0, 0.1) is 5.41 Å². The summed E-state index contributed by atoms with van der Waals surface area (Å²) in [6, 6.07) is 0. The molecule has 0 radical (unpaired) electrons. The minimum atomic E-state index is 0.631. The van der Waals surface area contributed by atoms with Crippen LogP contribution < -0.4 is 0 Å². The molecule has 0 saturated heterocycles. The lowest BCUT2D eigenvalue weighted by atomic mass is 10.7. The minimum absolute atomic E-state index is 0.631. The van der Waals surface area contributed by atoms with Crippen molar-refractivity contribution in [1.29, 1.82) is 5.41 Å². The number of nitrogens with zero attached hydrogens (tertiary/aromatic N) is 2. The van der Waals surface area contributed by atoms with Gasteiger partial charge in [-0.15, -0.1) is 0 Å². The molecule has 0 fully saturated rings. The first-order valence-corrected chi connectivity index (χ1v) is 4.56. The van der Waals surface area contributed by atoms with Crippen LogP contribution in [0.15, 0.2) is 0 Å². The van der Waals surface area contributed by atoms with Crippen LogP contribution >= 0.6 is 11.8 Å². The number of nitrogens with one attached hydrogen (secondary N) is 1. The second-order valence-corrected chi connectivity index (χ2v) is 3.93. The van der Waals surface area contributed by atoms with Gasteiger partial charge in [-0.1, -0.05) is 11.8 Å². The maximum absolute atomic E-state index is 7.46. The summed E-state index contributed by atoms with van der Waals surface area (Å²) in [5.41, 5.74) is 0. The molecule has 3 nitrogen and oxygen atoms in total. The van der Waals surface area contributed by atoms with Crippen molar-refractivity contribution in [3.05, 3.63) is 0 Å². The van der Waals surface area contributed by atoms with Crippen LogP contribution in [0.25, 0.3) is 0 Å². The van der Waals surface area contributed by atoms with Gasteiger partial charge < -0.3 is 9.80 Å². The Kier molecular flexibility index (Phi) is 5.32. The number of amidine groups is 1. The predicted molar refractivity (Wildman–Crippen MR) is 52.4 cm³/mol. The van der Waals surface area contributed by atoms with E-state index in [1.807, 2.05) is 33.1 Å². The third-order valence-electron chi connectivity index (χ3n) is 1.18. The van der Waals surface area contributed by atoms with Crippen LogP contribution in [-0.2, 0) is 0 Å². The van der Waals surface area contributed by atoms with Gasteiger partial charge in [0.05, 0.1) is 0 Å². The molecule has 0 heterocycles. The van der Waals surface area contributed by atoms with Crippen LogP contribution in [0.2, 0.25) is 0 Å². The van der Waals surface area contributed by atoms with Gasteiger partial charge in [0.15, 0.2) is 5.17 Å². The number of hydrogen-bond donors (Lipinski definition) is 1. The van der Waals surface area contributed by atoms with E-state index in [-0.39, 0.29) is 0 Å². The molecule has 0 spiro atoms. The zero-order valence-electron chi connectivity index (χ0n) is 7.72. The second kappa shape index (κ2) is 5.43. The summed E-state index contributed by atoms with van der Waals surface area (Å²) in [4.78, 5) is 3.94. The van der Waals surface area contributed by atoms with Gasteiger partial charge in [0.1, 0.15) is 0 Å². The molecule has 0 saturated carbocycles. The van der Waals surface area contributed by atoms with E-state index in [9.17, 15) is 0 Å². The van der Waals surface area contributed by atoms with Crippen molar-refractivity contribution in [2.45, 2.75) is 0 Å². The first kappa shape index (κ1) is 10.8. The van der Waals surface area contributed by atoms with E-state index in [0.29, 0.717) is 5.17 Å². The molecule has 0 atom stereocenters. The van der Waals surface area contributed by atoms with Crippen molar-refractivity contribution in [2.24, 2.45) is 0 Å². The highest BCUT2D eigenvalue weighted by molar-refractivity contribution is 8.13. The third-order valence-corrected chi connectivity index (χ3v) is 2.21. The third kappa shape index (κ3) is 6.19. The average molecular weight is 175 g/mol. The fourth-order valence-corrected chi connectivity index (χ4v) is 1.36. The maximum Gasteiger partial charge on any atom is 0.155 e. The fourth-order valence-electron chi connectivity index (χ4n) is 0.454. The molecule has 0 aliphatic rings. The number of thioether (sulfide) groups is 1. The Balaban J connectivity index is 3.32. The monoisotopic (exact) mass is 175 g/mol. The molecule has 0 rings (SSSR count). The molecule has 0 unspecified atom stereocenters. The highest BCUT2D eigenvalue weighted by Crippen LogP contribution is 2.03. The van der Waals surface area contributed by atoms with Crippen molar-refractivity contribution in [1.82, 2.24) is 9.80 Å². The van der Waals surface area contributed by atoms with Gasteiger partial charge in [0.25, 0.3) is 0 Å². The van der Waals surface area contributed by atoms with E-state index in [4.69, 9.17) is 5.41 Å². The SMILES string of the molecule is CN(C)CCSC(=N)N(C)C. The summed E-state index contributed by atoms with van der Waals surface area (Å²) in [7, 11) is 7.87. The highest BCUT2D eigenvalue weighted by Gasteiger charge is 1.99. The Hall–Kier alpha value is -0.220. The van der Waals surface area contributed by atoms with E-state index in [2.05, 4.69) is 4.90 Å². The Morgan fingerprint density at radius 1 is 1.27 bits per heavy atom. The van der Waals surface area contributed by atoms with Crippen molar-refractivity contribution < 1.29 is 0 Å². The molecular weight excluding hydrogens is 158 g/mol. The Morgan fingerprint density at radius 2 is 1.82 bits per heavy atom. The predicted octanol–water partition coefficient (Wildman–Crippen LogP) is 0.778. The molecule has 0 aromatic rings. The van der Waals surface area contributed by atoms with Crippen molar-refractivity contribution in [2.75, 3.05) is 40.5 Å². The summed E-state index contributed by atoms with van der Waals surface area (Å²) in [6.07, 6.45) is 0. The lowest BCUT2D eigenvalue weighted by Gasteiger charge is -2.14. The van der Waals surface area contributed by atoms with Gasteiger partial charge in [-0.05, 0) is 14.1 Å². The van der Waals surface area contributed by atoms with E-state index in [1.54, 1.807) is 11.8 Å². The topological polar surface area (TPSA) is 30.3 Å². The van der Waals surface area contributed by atoms with Gasteiger partial charge >= 0.3 is 0 Å². The van der Waals surface area contributed by atoms with Gasteiger partial charge in [-0.2, -0.15) is 0 Å². The maximum atomic E-state index is 7.46. The first-order chi connectivity index (χ1) is 5.04. The van der Waals surface area contributed by atoms with Crippen LogP contribution in [0.1, 0.15) is 0 Å². The summed E-state index contributed by atoms with van der Waals surface area (Å²) >= 11 is 1.58. The molecule has 0 aromatic carbocycles. The molecule has 0 amide bonds. The zero-order valence-corrected chi connectivity index (χ0v) is 8.53. The molecule has 0 aliphatic carbocycles. The van der Waals surface area contributed by atoms with Gasteiger partial charge in [0, 0.05) is 26.4 Å². The van der Waals surface area contributed by atoms with Gasteiger partial charge in [-0.25, -0.2) is 0 Å². The molecule has 11 heavy (non-hydrogen) atoms. The van der Waals surface area contributed by atoms with Crippen LogP contribution in [0.3, 0.4) is 0 Å². The number of rotatable bonds is 3. The Labute approximate surface area is 73.3 Å². The fraction of sp³-hybridized carbons (Fsp3) is 0.857. The summed E-state index contributed by atoms with van der Waals surface area (Å²) in [6.45, 7) is 1.03. The largest absolute Gasteiger partial charge is 0.358 e. The second-order valence-electron chi connectivity index (χ2n) is 2.85. The van der Waals surface area contributed by atoms with Crippen molar-refractivity contribution >= 4 is 16.9 Å². The van der Waals surface area contributed by atoms with E-state index >= 15 is 0 Å². The number of hydrogen-bond acceptors (Lipinski definition) is 3. The van der Waals surface area contributed by atoms with Crippen LogP contribution in [0.4, 0.5) is 0 Å². The molecule has 0 aliphatic heterocycles. The molecule has 66 valence electrons. The first-order valence-electron chi connectivity index (χ1n) is 3.57. The van der Waals surface area contributed by atoms with Crippen LogP contribution in [0.5, 0.6) is 0 Å². The van der Waals surface area contributed by atoms with E-state index in [1.165, 1.54) is 0 Å². The van der Waals surface area contributed by atoms with Gasteiger partial charge in [0.2, 0.25) is 0 Å². The Morgan fingerprint density at radius 3 is 2.18 bits per heavy atom. The van der Waals surface area contributed by atoms with Gasteiger partial charge in [-0.3, -0.25) is 5.41 Å². The lowest BCUT2D eigenvalue weighted by molar-refractivity contribution is 0.437.